The van der Waals surface area contributed by atoms with Gasteiger partial charge in [0, 0.05) is 30.8 Å². The second kappa shape index (κ2) is 12.0. The number of anilines is 1. The van der Waals surface area contributed by atoms with E-state index in [9.17, 15) is 14.0 Å². The molecule has 1 aliphatic carbocycles. The van der Waals surface area contributed by atoms with Gasteiger partial charge in [-0.25, -0.2) is 4.39 Å². The third-order valence-corrected chi connectivity index (χ3v) is 7.08. The van der Waals surface area contributed by atoms with Crippen LogP contribution in [0.4, 0.5) is 10.1 Å². The van der Waals surface area contributed by atoms with Crippen molar-refractivity contribution in [2.45, 2.75) is 64.6 Å². The van der Waals surface area contributed by atoms with Gasteiger partial charge < -0.3 is 15.2 Å². The van der Waals surface area contributed by atoms with Crippen LogP contribution in [-0.2, 0) is 16.0 Å². The first-order valence-corrected chi connectivity index (χ1v) is 12.8. The molecular formula is C30H33FN2O4. The van der Waals surface area contributed by atoms with Crippen molar-refractivity contribution < 1.29 is 23.8 Å². The molecule has 0 bridgehead atoms. The first-order valence-electron chi connectivity index (χ1n) is 12.8. The van der Waals surface area contributed by atoms with E-state index in [1.54, 1.807) is 12.3 Å². The number of alkyl halides is 1. The smallest absolute Gasteiger partial charge is 0.303 e. The maximum Gasteiger partial charge on any atom is 0.303 e. The Kier molecular flexibility index (Phi) is 8.54. The number of rotatable bonds is 10. The molecule has 1 aromatic heterocycles. The largest absolute Gasteiger partial charge is 0.481 e. The summed E-state index contributed by atoms with van der Waals surface area (Å²) in [6.45, 7) is 3.24. The number of ether oxygens (including phenoxy) is 1. The molecule has 0 saturated heterocycles. The average molecular weight is 505 g/mol. The van der Waals surface area contributed by atoms with Crippen LogP contribution in [0.25, 0.3) is 11.1 Å². The van der Waals surface area contributed by atoms with Crippen LogP contribution in [0.3, 0.4) is 0 Å². The van der Waals surface area contributed by atoms with E-state index in [0.29, 0.717) is 12.2 Å². The zero-order valence-corrected chi connectivity index (χ0v) is 21.2. The Labute approximate surface area is 216 Å². The Morgan fingerprint density at radius 2 is 1.84 bits per heavy atom. The zero-order chi connectivity index (χ0) is 26.4. The lowest BCUT2D eigenvalue weighted by Gasteiger charge is -2.24. The predicted octanol–water partition coefficient (Wildman–Crippen LogP) is 6.68. The van der Waals surface area contributed by atoms with Gasteiger partial charge in [0.05, 0.1) is 12.1 Å². The van der Waals surface area contributed by atoms with Crippen molar-refractivity contribution in [2.24, 2.45) is 5.92 Å². The lowest BCUT2D eigenvalue weighted by molar-refractivity contribution is -0.137. The molecule has 0 spiro atoms. The number of benzene rings is 2. The molecule has 7 heteroatoms. The Bertz CT molecular complexity index is 1240. The van der Waals surface area contributed by atoms with E-state index in [1.165, 1.54) is 13.1 Å². The Morgan fingerprint density at radius 3 is 2.51 bits per heavy atom. The third-order valence-electron chi connectivity index (χ3n) is 7.08. The van der Waals surface area contributed by atoms with Gasteiger partial charge in [-0.15, -0.1) is 0 Å². The monoisotopic (exact) mass is 504 g/mol. The molecule has 1 fully saturated rings. The minimum atomic E-state index is -1.42. The van der Waals surface area contributed by atoms with Crippen molar-refractivity contribution >= 4 is 17.6 Å². The molecule has 1 amide bonds. The third kappa shape index (κ3) is 6.73. The molecule has 1 saturated carbocycles. The Morgan fingerprint density at radius 1 is 1.11 bits per heavy atom. The highest BCUT2D eigenvalue weighted by Gasteiger charge is 2.32. The molecule has 2 atom stereocenters. The molecule has 6 nitrogen and oxygen atoms in total. The summed E-state index contributed by atoms with van der Waals surface area (Å²) in [6.07, 6.45) is 6.45. The number of hydrogen-bond acceptors (Lipinski definition) is 4. The maximum absolute atomic E-state index is 13.7. The summed E-state index contributed by atoms with van der Waals surface area (Å²) in [5.41, 5.74) is 5.20. The van der Waals surface area contributed by atoms with Gasteiger partial charge in [0.25, 0.3) is 0 Å². The van der Waals surface area contributed by atoms with E-state index in [2.05, 4.69) is 10.3 Å². The first kappa shape index (κ1) is 26.3. The Hall–Kier alpha value is -3.74. The number of pyridine rings is 1. The lowest BCUT2D eigenvalue weighted by Crippen LogP contribution is -2.27. The van der Waals surface area contributed by atoms with Crippen LogP contribution in [-0.4, -0.2) is 28.3 Å². The minimum Gasteiger partial charge on any atom is -0.481 e. The second-order valence-corrected chi connectivity index (χ2v) is 9.69. The summed E-state index contributed by atoms with van der Waals surface area (Å²) in [6, 6.07) is 15.3. The number of amides is 1. The summed E-state index contributed by atoms with van der Waals surface area (Å²) in [4.78, 5) is 28.8. The highest BCUT2D eigenvalue weighted by atomic mass is 19.1. The molecule has 194 valence electrons. The predicted molar refractivity (Wildman–Crippen MR) is 141 cm³/mol. The fourth-order valence-electron chi connectivity index (χ4n) is 5.18. The number of hydrogen-bond donors (Lipinski definition) is 2. The first-order chi connectivity index (χ1) is 17.8. The van der Waals surface area contributed by atoms with E-state index in [0.717, 1.165) is 59.2 Å². The van der Waals surface area contributed by atoms with Crippen molar-refractivity contribution in [3.63, 3.8) is 0 Å². The average Bonchev–Trinajstić information content (AvgIpc) is 3.39. The van der Waals surface area contributed by atoms with Gasteiger partial charge in [0.15, 0.2) is 0 Å². The molecule has 37 heavy (non-hydrogen) atoms. The van der Waals surface area contributed by atoms with Crippen LogP contribution < -0.4 is 10.1 Å². The number of aryl methyl sites for hydroxylation is 1. The number of aromatic nitrogens is 1. The zero-order valence-electron chi connectivity index (χ0n) is 21.2. The topological polar surface area (TPSA) is 88.5 Å². The van der Waals surface area contributed by atoms with Crippen molar-refractivity contribution in [3.8, 4) is 16.9 Å². The van der Waals surface area contributed by atoms with Crippen LogP contribution in [0.1, 0.15) is 61.6 Å². The number of carboxylic acid groups (broad SMARTS) is 1. The molecule has 0 radical (unpaired) electrons. The van der Waals surface area contributed by atoms with Crippen LogP contribution in [0.15, 0.2) is 60.9 Å². The summed E-state index contributed by atoms with van der Waals surface area (Å²) < 4.78 is 18.4. The van der Waals surface area contributed by atoms with Gasteiger partial charge in [-0.3, -0.25) is 14.6 Å². The second-order valence-electron chi connectivity index (χ2n) is 9.69. The summed E-state index contributed by atoms with van der Waals surface area (Å²) in [5, 5.41) is 12.2. The summed E-state index contributed by atoms with van der Waals surface area (Å²) in [5.74, 6) is -0.567. The van der Waals surface area contributed by atoms with Crippen molar-refractivity contribution in [2.75, 3.05) is 5.32 Å². The van der Waals surface area contributed by atoms with E-state index >= 15 is 0 Å². The normalized spacial score (nSPS) is 15.2. The molecule has 2 aromatic carbocycles. The quantitative estimate of drug-likeness (QED) is 0.321. The SMILES string of the molecule is Cc1c(CCC(=O)O)cccc1NC(=O)C(c1ccc(-c2cncc(OC(C)F)c2)cc1)C1CCCC1. The van der Waals surface area contributed by atoms with Gasteiger partial charge in [-0.05, 0) is 66.5 Å². The van der Waals surface area contributed by atoms with E-state index in [-0.39, 0.29) is 24.2 Å². The highest BCUT2D eigenvalue weighted by molar-refractivity contribution is 5.97. The van der Waals surface area contributed by atoms with Crippen LogP contribution in [0.5, 0.6) is 5.75 Å². The molecule has 0 aliphatic heterocycles. The van der Waals surface area contributed by atoms with Gasteiger partial charge in [-0.1, -0.05) is 49.2 Å². The molecule has 1 heterocycles. The number of carboxylic acids is 1. The summed E-state index contributed by atoms with van der Waals surface area (Å²) in [7, 11) is 0. The van der Waals surface area contributed by atoms with Crippen LogP contribution >= 0.6 is 0 Å². The summed E-state index contributed by atoms with van der Waals surface area (Å²) >= 11 is 0. The number of carbonyl (C=O) groups excluding carboxylic acids is 1. The van der Waals surface area contributed by atoms with Crippen LogP contribution in [0.2, 0.25) is 0 Å². The maximum atomic E-state index is 13.7. The van der Waals surface area contributed by atoms with E-state index in [4.69, 9.17) is 9.84 Å². The van der Waals surface area contributed by atoms with Gasteiger partial charge in [0.2, 0.25) is 12.3 Å². The number of nitrogens with one attached hydrogen (secondary N) is 1. The van der Waals surface area contributed by atoms with E-state index in [1.807, 2.05) is 49.4 Å². The van der Waals surface area contributed by atoms with Crippen molar-refractivity contribution in [1.29, 1.82) is 0 Å². The number of aliphatic carboxylic acids is 1. The fraction of sp³-hybridized carbons (Fsp3) is 0.367. The molecule has 1 aliphatic rings. The van der Waals surface area contributed by atoms with Crippen molar-refractivity contribution in [1.82, 2.24) is 4.98 Å². The molecular weight excluding hydrogens is 471 g/mol. The number of carbonyl (C=O) groups is 2. The van der Waals surface area contributed by atoms with Gasteiger partial charge >= 0.3 is 5.97 Å². The molecule has 3 aromatic rings. The minimum absolute atomic E-state index is 0.0483. The standard InChI is InChI=1S/C30H33FN2O4/c1-19-21(14-15-28(34)35)8-5-9-27(19)33-30(36)29(23-6-3-4-7-23)24-12-10-22(11-13-24)25-16-26(18-32-17-25)37-20(2)31/h5,8-13,16-18,20,23,29H,3-4,6-7,14-15H2,1-2H3,(H,33,36)(H,34,35). The van der Waals surface area contributed by atoms with Crippen molar-refractivity contribution in [3.05, 3.63) is 77.6 Å². The number of nitrogens with zero attached hydrogens (tertiary/aromatic N) is 1. The van der Waals surface area contributed by atoms with Crippen LogP contribution in [0, 0.1) is 12.8 Å². The highest BCUT2D eigenvalue weighted by Crippen LogP contribution is 2.39. The Balaban J connectivity index is 1.56. The molecule has 2 unspecified atom stereocenters. The number of halogens is 1. The molecule has 4 rings (SSSR count). The van der Waals surface area contributed by atoms with Gasteiger partial charge in [0.1, 0.15) is 5.75 Å². The molecule has 2 N–H and O–H groups in total. The van der Waals surface area contributed by atoms with Gasteiger partial charge in [-0.2, -0.15) is 0 Å². The fourth-order valence-corrected chi connectivity index (χ4v) is 5.18. The lowest BCUT2D eigenvalue weighted by atomic mass is 9.83. The van der Waals surface area contributed by atoms with E-state index < -0.39 is 12.3 Å².